The summed E-state index contributed by atoms with van der Waals surface area (Å²) in [6.07, 6.45) is 0.943. The van der Waals surface area contributed by atoms with Crippen LogP contribution >= 0.6 is 0 Å². The SMILES string of the molecule is O=C1NC(c2ncccc2F)CO1. The molecular formula is C8H7FN2O2. The number of hydrogen-bond donors (Lipinski definition) is 1. The zero-order chi connectivity index (χ0) is 9.26. The number of pyridine rings is 1. The Labute approximate surface area is 73.7 Å². The van der Waals surface area contributed by atoms with Crippen LogP contribution in [0, 0.1) is 5.82 Å². The Kier molecular flexibility index (Phi) is 1.84. The molecule has 13 heavy (non-hydrogen) atoms. The fraction of sp³-hybridized carbons (Fsp3) is 0.250. The summed E-state index contributed by atoms with van der Waals surface area (Å²) < 4.78 is 17.7. The second-order valence-corrected chi connectivity index (χ2v) is 2.67. The fourth-order valence-electron chi connectivity index (χ4n) is 1.19. The van der Waals surface area contributed by atoms with Gasteiger partial charge < -0.3 is 10.1 Å². The Balaban J connectivity index is 2.26. The van der Waals surface area contributed by atoms with Gasteiger partial charge in [-0.2, -0.15) is 0 Å². The number of hydrogen-bond acceptors (Lipinski definition) is 3. The first-order valence-corrected chi connectivity index (χ1v) is 3.81. The Bertz CT molecular complexity index is 343. The summed E-state index contributed by atoms with van der Waals surface area (Å²) in [4.78, 5) is 14.5. The van der Waals surface area contributed by atoms with Crippen molar-refractivity contribution in [2.24, 2.45) is 0 Å². The molecule has 1 unspecified atom stereocenters. The summed E-state index contributed by atoms with van der Waals surface area (Å²) >= 11 is 0. The van der Waals surface area contributed by atoms with Gasteiger partial charge in [0.15, 0.2) is 0 Å². The van der Waals surface area contributed by atoms with Gasteiger partial charge in [-0.1, -0.05) is 0 Å². The topological polar surface area (TPSA) is 51.2 Å². The number of cyclic esters (lactones) is 1. The molecule has 1 atom stereocenters. The first-order chi connectivity index (χ1) is 6.27. The number of amides is 1. The standard InChI is InChI=1S/C8H7FN2O2/c9-5-2-1-3-10-7(5)6-4-13-8(12)11-6/h1-3,6H,4H2,(H,11,12). The number of rotatable bonds is 1. The van der Waals surface area contributed by atoms with Crippen molar-refractivity contribution in [3.63, 3.8) is 0 Å². The predicted molar refractivity (Wildman–Crippen MR) is 41.4 cm³/mol. The van der Waals surface area contributed by atoms with E-state index in [4.69, 9.17) is 0 Å². The van der Waals surface area contributed by atoms with Crippen molar-refractivity contribution in [1.29, 1.82) is 0 Å². The number of nitrogens with one attached hydrogen (secondary N) is 1. The maximum Gasteiger partial charge on any atom is 0.407 e. The molecule has 0 aliphatic carbocycles. The number of halogens is 1. The minimum absolute atomic E-state index is 0.132. The summed E-state index contributed by atoms with van der Waals surface area (Å²) in [6, 6.07) is 2.33. The molecule has 1 N–H and O–H groups in total. The summed E-state index contributed by atoms with van der Waals surface area (Å²) in [5, 5.41) is 2.45. The van der Waals surface area contributed by atoms with Gasteiger partial charge in [-0.15, -0.1) is 0 Å². The highest BCUT2D eigenvalue weighted by Gasteiger charge is 2.26. The molecule has 2 rings (SSSR count). The average Bonchev–Trinajstić information content (AvgIpc) is 2.53. The van der Waals surface area contributed by atoms with E-state index in [1.807, 2.05) is 0 Å². The highest BCUT2D eigenvalue weighted by Crippen LogP contribution is 2.17. The maximum absolute atomic E-state index is 13.1. The number of ether oxygens (including phenoxy) is 1. The quantitative estimate of drug-likeness (QED) is 0.704. The van der Waals surface area contributed by atoms with E-state index in [1.54, 1.807) is 0 Å². The smallest absolute Gasteiger partial charge is 0.407 e. The van der Waals surface area contributed by atoms with Crippen LogP contribution in [0.25, 0.3) is 0 Å². The number of carbonyl (C=O) groups excluding carboxylic acids is 1. The third kappa shape index (κ3) is 1.44. The number of alkyl carbamates (subject to hydrolysis) is 1. The largest absolute Gasteiger partial charge is 0.447 e. The van der Waals surface area contributed by atoms with E-state index in [1.165, 1.54) is 18.3 Å². The van der Waals surface area contributed by atoms with Crippen LogP contribution in [0.5, 0.6) is 0 Å². The minimum atomic E-state index is -0.532. The summed E-state index contributed by atoms with van der Waals surface area (Å²) in [6.45, 7) is 0.132. The molecule has 1 saturated heterocycles. The molecule has 1 fully saturated rings. The fourth-order valence-corrected chi connectivity index (χ4v) is 1.19. The van der Waals surface area contributed by atoms with Gasteiger partial charge in [-0.3, -0.25) is 4.98 Å². The lowest BCUT2D eigenvalue weighted by atomic mass is 10.2. The summed E-state index contributed by atoms with van der Waals surface area (Å²) in [5.41, 5.74) is 0.216. The Hall–Kier alpha value is -1.65. The molecule has 1 aliphatic rings. The molecule has 0 spiro atoms. The lowest BCUT2D eigenvalue weighted by Gasteiger charge is -2.06. The number of aromatic nitrogens is 1. The lowest BCUT2D eigenvalue weighted by molar-refractivity contribution is 0.176. The van der Waals surface area contributed by atoms with Gasteiger partial charge in [0.2, 0.25) is 0 Å². The monoisotopic (exact) mass is 182 g/mol. The van der Waals surface area contributed by atoms with E-state index >= 15 is 0 Å². The van der Waals surface area contributed by atoms with E-state index in [2.05, 4.69) is 15.0 Å². The first kappa shape index (κ1) is 7.97. The molecule has 4 nitrogen and oxygen atoms in total. The molecule has 0 aromatic carbocycles. The van der Waals surface area contributed by atoms with Crippen molar-refractivity contribution in [3.05, 3.63) is 29.8 Å². The van der Waals surface area contributed by atoms with Crippen LogP contribution in [0.2, 0.25) is 0 Å². The normalized spacial score (nSPS) is 21.0. The zero-order valence-electron chi connectivity index (χ0n) is 6.66. The first-order valence-electron chi connectivity index (χ1n) is 3.81. The molecule has 1 amide bonds. The van der Waals surface area contributed by atoms with Crippen LogP contribution in [-0.2, 0) is 4.74 Å². The van der Waals surface area contributed by atoms with E-state index in [-0.39, 0.29) is 12.3 Å². The molecule has 5 heteroatoms. The van der Waals surface area contributed by atoms with Crippen molar-refractivity contribution >= 4 is 6.09 Å². The molecule has 1 aromatic rings. The molecule has 0 saturated carbocycles. The van der Waals surface area contributed by atoms with E-state index < -0.39 is 18.0 Å². The molecule has 0 radical (unpaired) electrons. The van der Waals surface area contributed by atoms with Gasteiger partial charge in [0.25, 0.3) is 0 Å². The van der Waals surface area contributed by atoms with Crippen LogP contribution in [0.1, 0.15) is 11.7 Å². The van der Waals surface area contributed by atoms with Crippen LogP contribution in [0.3, 0.4) is 0 Å². The Morgan fingerprint density at radius 1 is 1.69 bits per heavy atom. The number of carbonyl (C=O) groups is 1. The van der Waals surface area contributed by atoms with Crippen LogP contribution in [-0.4, -0.2) is 17.7 Å². The second kappa shape index (κ2) is 3.01. The van der Waals surface area contributed by atoms with Crippen molar-refractivity contribution in [2.45, 2.75) is 6.04 Å². The van der Waals surface area contributed by atoms with Crippen LogP contribution in [0.4, 0.5) is 9.18 Å². The minimum Gasteiger partial charge on any atom is -0.447 e. The second-order valence-electron chi connectivity index (χ2n) is 2.67. The highest BCUT2D eigenvalue weighted by molar-refractivity contribution is 5.69. The van der Waals surface area contributed by atoms with Crippen LogP contribution in [0.15, 0.2) is 18.3 Å². The molecule has 1 aromatic heterocycles. The molecule has 68 valence electrons. The van der Waals surface area contributed by atoms with E-state index in [0.29, 0.717) is 0 Å². The average molecular weight is 182 g/mol. The van der Waals surface area contributed by atoms with Crippen molar-refractivity contribution in [2.75, 3.05) is 6.61 Å². The van der Waals surface area contributed by atoms with Gasteiger partial charge in [-0.05, 0) is 12.1 Å². The van der Waals surface area contributed by atoms with Crippen LogP contribution < -0.4 is 5.32 Å². The van der Waals surface area contributed by atoms with Gasteiger partial charge in [-0.25, -0.2) is 9.18 Å². The molecule has 0 bridgehead atoms. The van der Waals surface area contributed by atoms with Gasteiger partial charge in [0, 0.05) is 6.20 Å². The Morgan fingerprint density at radius 3 is 3.15 bits per heavy atom. The van der Waals surface area contributed by atoms with Crippen molar-refractivity contribution in [3.8, 4) is 0 Å². The van der Waals surface area contributed by atoms with Crippen molar-refractivity contribution < 1.29 is 13.9 Å². The number of nitrogens with zero attached hydrogens (tertiary/aromatic N) is 1. The van der Waals surface area contributed by atoms with Gasteiger partial charge in [0.05, 0.1) is 0 Å². The molecular weight excluding hydrogens is 175 g/mol. The third-order valence-electron chi connectivity index (χ3n) is 1.79. The van der Waals surface area contributed by atoms with E-state index in [0.717, 1.165) is 0 Å². The highest BCUT2D eigenvalue weighted by atomic mass is 19.1. The summed E-state index contributed by atoms with van der Waals surface area (Å²) in [7, 11) is 0. The molecule has 1 aliphatic heterocycles. The summed E-state index contributed by atoms with van der Waals surface area (Å²) in [5.74, 6) is -0.432. The zero-order valence-corrected chi connectivity index (χ0v) is 6.66. The maximum atomic E-state index is 13.1. The van der Waals surface area contributed by atoms with Crippen molar-refractivity contribution in [1.82, 2.24) is 10.3 Å². The third-order valence-corrected chi connectivity index (χ3v) is 1.79. The van der Waals surface area contributed by atoms with Gasteiger partial charge >= 0.3 is 6.09 Å². The lowest BCUT2D eigenvalue weighted by Crippen LogP contribution is -2.20. The van der Waals surface area contributed by atoms with Gasteiger partial charge in [0.1, 0.15) is 24.2 Å². The Morgan fingerprint density at radius 2 is 2.54 bits per heavy atom. The van der Waals surface area contributed by atoms with E-state index in [9.17, 15) is 9.18 Å². The molecule has 2 heterocycles. The predicted octanol–water partition coefficient (Wildman–Crippen LogP) is 1.00.